The van der Waals surface area contributed by atoms with Gasteiger partial charge >= 0.3 is 11.6 Å². The summed E-state index contributed by atoms with van der Waals surface area (Å²) < 4.78 is 10.7. The predicted molar refractivity (Wildman–Crippen MR) is 109 cm³/mol. The Kier molecular flexibility index (Phi) is 6.44. The van der Waals surface area contributed by atoms with Crippen molar-refractivity contribution in [2.24, 2.45) is 0 Å². The molecule has 0 saturated heterocycles. The molecule has 6 nitrogen and oxygen atoms in total. The van der Waals surface area contributed by atoms with Gasteiger partial charge in [0.05, 0.1) is 12.5 Å². The number of hydrogen-bond acceptors (Lipinski definition) is 5. The van der Waals surface area contributed by atoms with Crippen LogP contribution in [-0.4, -0.2) is 11.9 Å². The van der Waals surface area contributed by atoms with Crippen LogP contribution in [0.15, 0.2) is 63.8 Å². The highest BCUT2D eigenvalue weighted by Crippen LogP contribution is 2.21. The third-order valence-electron chi connectivity index (χ3n) is 4.64. The molecule has 3 aromatic rings. The largest absolute Gasteiger partial charge is 0.461 e. The minimum absolute atomic E-state index is 0.0110. The van der Waals surface area contributed by atoms with Gasteiger partial charge in [0, 0.05) is 23.9 Å². The smallest absolute Gasteiger partial charge is 0.336 e. The standard InChI is InChI=1S/C23H23NO5/c1-3-16-9-10-19-18(12-23(27)29-21(19)11-16)14-28-22(26)13-20(24-15(2)25)17-7-5-4-6-8-17/h4-12,20H,3,13-14H2,1-2H3,(H,24,25)/t20-/m1/s1. The van der Waals surface area contributed by atoms with E-state index in [1.165, 1.54) is 13.0 Å². The zero-order chi connectivity index (χ0) is 20.8. The zero-order valence-corrected chi connectivity index (χ0v) is 16.4. The van der Waals surface area contributed by atoms with Gasteiger partial charge in [-0.15, -0.1) is 0 Å². The molecule has 1 N–H and O–H groups in total. The number of ether oxygens (including phenoxy) is 1. The number of aryl methyl sites for hydroxylation is 1. The summed E-state index contributed by atoms with van der Waals surface area (Å²) in [5.41, 5.74) is 2.44. The van der Waals surface area contributed by atoms with Crippen molar-refractivity contribution in [2.45, 2.75) is 39.3 Å². The molecule has 0 aliphatic carbocycles. The summed E-state index contributed by atoms with van der Waals surface area (Å²) in [6.45, 7) is 3.37. The summed E-state index contributed by atoms with van der Waals surface area (Å²) in [6.07, 6.45) is 0.811. The number of rotatable bonds is 7. The van der Waals surface area contributed by atoms with Gasteiger partial charge in [-0.3, -0.25) is 9.59 Å². The Morgan fingerprint density at radius 1 is 1.10 bits per heavy atom. The van der Waals surface area contributed by atoms with Crippen molar-refractivity contribution in [1.82, 2.24) is 5.32 Å². The van der Waals surface area contributed by atoms with Gasteiger partial charge in [-0.1, -0.05) is 49.4 Å². The van der Waals surface area contributed by atoms with Crippen LogP contribution >= 0.6 is 0 Å². The van der Waals surface area contributed by atoms with Crippen LogP contribution < -0.4 is 10.9 Å². The van der Waals surface area contributed by atoms with Crippen molar-refractivity contribution in [1.29, 1.82) is 0 Å². The fraction of sp³-hybridized carbons (Fsp3) is 0.261. The van der Waals surface area contributed by atoms with Gasteiger partial charge in [-0.05, 0) is 23.6 Å². The molecule has 1 heterocycles. The molecule has 1 aromatic heterocycles. The second-order valence-electron chi connectivity index (χ2n) is 6.80. The van der Waals surface area contributed by atoms with Crippen LogP contribution in [0.3, 0.4) is 0 Å². The molecule has 3 rings (SSSR count). The van der Waals surface area contributed by atoms with Gasteiger partial charge in [0.2, 0.25) is 5.91 Å². The molecule has 0 aliphatic rings. The molecular weight excluding hydrogens is 370 g/mol. The van der Waals surface area contributed by atoms with Crippen molar-refractivity contribution in [2.75, 3.05) is 0 Å². The Morgan fingerprint density at radius 2 is 1.86 bits per heavy atom. The number of esters is 1. The lowest BCUT2D eigenvalue weighted by molar-refractivity contribution is -0.145. The number of nitrogens with one attached hydrogen (secondary N) is 1. The molecule has 0 aliphatic heterocycles. The van der Waals surface area contributed by atoms with E-state index in [9.17, 15) is 14.4 Å². The average molecular weight is 393 g/mol. The minimum Gasteiger partial charge on any atom is -0.461 e. The molecule has 2 aromatic carbocycles. The van der Waals surface area contributed by atoms with Gasteiger partial charge < -0.3 is 14.5 Å². The first kappa shape index (κ1) is 20.3. The highest BCUT2D eigenvalue weighted by atomic mass is 16.5. The molecule has 0 saturated carbocycles. The van der Waals surface area contributed by atoms with Gasteiger partial charge in [0.25, 0.3) is 0 Å². The lowest BCUT2D eigenvalue weighted by atomic mass is 10.0. The highest BCUT2D eigenvalue weighted by molar-refractivity contribution is 5.81. The van der Waals surface area contributed by atoms with Crippen LogP contribution in [-0.2, 0) is 27.4 Å². The van der Waals surface area contributed by atoms with Gasteiger partial charge in [-0.2, -0.15) is 0 Å². The molecule has 1 amide bonds. The lowest BCUT2D eigenvalue weighted by Gasteiger charge is -2.17. The number of amides is 1. The van der Waals surface area contributed by atoms with Gasteiger partial charge in [0.1, 0.15) is 12.2 Å². The number of fused-ring (bicyclic) bond motifs is 1. The average Bonchev–Trinajstić information content (AvgIpc) is 2.71. The first-order valence-electron chi connectivity index (χ1n) is 9.49. The topological polar surface area (TPSA) is 85.6 Å². The lowest BCUT2D eigenvalue weighted by Crippen LogP contribution is -2.28. The highest BCUT2D eigenvalue weighted by Gasteiger charge is 2.18. The first-order valence-corrected chi connectivity index (χ1v) is 9.49. The van der Waals surface area contributed by atoms with Crippen LogP contribution in [0.2, 0.25) is 0 Å². The van der Waals surface area contributed by atoms with E-state index in [-0.39, 0.29) is 18.9 Å². The van der Waals surface area contributed by atoms with Crippen molar-refractivity contribution in [3.05, 3.63) is 81.7 Å². The Morgan fingerprint density at radius 3 is 2.55 bits per heavy atom. The quantitative estimate of drug-likeness (QED) is 0.489. The molecule has 0 unspecified atom stereocenters. The Balaban J connectivity index is 1.74. The molecule has 0 bridgehead atoms. The second-order valence-corrected chi connectivity index (χ2v) is 6.80. The predicted octanol–water partition coefficient (Wildman–Crippen LogP) is 3.67. The number of hydrogen-bond donors (Lipinski definition) is 1. The number of carbonyl (C=O) groups excluding carboxylic acids is 2. The maximum atomic E-state index is 12.4. The van der Waals surface area contributed by atoms with E-state index in [1.807, 2.05) is 55.5 Å². The monoisotopic (exact) mass is 393 g/mol. The normalized spacial score (nSPS) is 11.8. The van der Waals surface area contributed by atoms with Crippen molar-refractivity contribution < 1.29 is 18.7 Å². The second kappa shape index (κ2) is 9.19. The molecule has 29 heavy (non-hydrogen) atoms. The summed E-state index contributed by atoms with van der Waals surface area (Å²) in [4.78, 5) is 35.8. The van der Waals surface area contributed by atoms with Gasteiger partial charge in [-0.25, -0.2) is 4.79 Å². The maximum absolute atomic E-state index is 12.4. The fourth-order valence-electron chi connectivity index (χ4n) is 3.18. The number of carbonyl (C=O) groups is 2. The van der Waals surface area contributed by atoms with Crippen molar-refractivity contribution in [3.8, 4) is 0 Å². The van der Waals surface area contributed by atoms with Gasteiger partial charge in [0.15, 0.2) is 0 Å². The van der Waals surface area contributed by atoms with Crippen molar-refractivity contribution in [3.63, 3.8) is 0 Å². The summed E-state index contributed by atoms with van der Waals surface area (Å²) in [6, 6.07) is 15.7. The van der Waals surface area contributed by atoms with Crippen molar-refractivity contribution >= 4 is 22.8 Å². The maximum Gasteiger partial charge on any atom is 0.336 e. The van der Waals surface area contributed by atoms with Crippen LogP contribution in [0.1, 0.15) is 43.0 Å². The summed E-state index contributed by atoms with van der Waals surface area (Å²) in [5, 5.41) is 3.50. The molecule has 6 heteroatoms. The van der Waals surface area contributed by atoms with Crippen LogP contribution in [0.5, 0.6) is 0 Å². The molecule has 1 atom stereocenters. The van der Waals surface area contributed by atoms with Crippen LogP contribution in [0.4, 0.5) is 0 Å². The number of benzene rings is 2. The van der Waals surface area contributed by atoms with E-state index >= 15 is 0 Å². The van der Waals surface area contributed by atoms with E-state index in [4.69, 9.17) is 9.15 Å². The van der Waals surface area contributed by atoms with Crippen LogP contribution in [0.25, 0.3) is 11.0 Å². The summed E-state index contributed by atoms with van der Waals surface area (Å²) in [5.74, 6) is -0.704. The van der Waals surface area contributed by atoms with E-state index in [0.717, 1.165) is 22.9 Å². The first-order chi connectivity index (χ1) is 14.0. The molecule has 150 valence electrons. The Bertz CT molecular complexity index is 1070. The van der Waals surface area contributed by atoms with E-state index in [0.29, 0.717) is 11.1 Å². The summed E-state index contributed by atoms with van der Waals surface area (Å²) in [7, 11) is 0. The SMILES string of the molecule is CCc1ccc2c(COC(=O)C[C@@H](NC(C)=O)c3ccccc3)cc(=O)oc2c1. The molecule has 0 spiro atoms. The zero-order valence-electron chi connectivity index (χ0n) is 16.4. The summed E-state index contributed by atoms with van der Waals surface area (Å²) >= 11 is 0. The Hall–Kier alpha value is -3.41. The minimum atomic E-state index is -0.489. The molecular formula is C23H23NO5. The van der Waals surface area contributed by atoms with E-state index in [2.05, 4.69) is 5.32 Å². The van der Waals surface area contributed by atoms with E-state index in [1.54, 1.807) is 0 Å². The van der Waals surface area contributed by atoms with E-state index < -0.39 is 17.6 Å². The van der Waals surface area contributed by atoms with Crippen LogP contribution in [0, 0.1) is 0 Å². The molecule has 0 radical (unpaired) electrons. The molecule has 0 fully saturated rings. The Labute approximate surface area is 168 Å². The fourth-order valence-corrected chi connectivity index (χ4v) is 3.18. The third kappa shape index (κ3) is 5.31. The third-order valence-corrected chi connectivity index (χ3v) is 4.64.